The van der Waals surface area contributed by atoms with Gasteiger partial charge >= 0.3 is 6.09 Å². The fourth-order valence-corrected chi connectivity index (χ4v) is 8.27. The Balaban J connectivity index is 1.72. The average molecular weight is 717 g/mol. The number of rotatable bonds is 18. The number of hydrogen-bond donors (Lipinski definition) is 2. The Kier molecular flexibility index (Phi) is 13.6. The number of fused-ring (bicyclic) bond motifs is 2. The first-order chi connectivity index (χ1) is 25.2. The van der Waals surface area contributed by atoms with Gasteiger partial charge in [0.25, 0.3) is 0 Å². The highest BCUT2D eigenvalue weighted by Gasteiger charge is 2.65. The van der Waals surface area contributed by atoms with Crippen molar-refractivity contribution in [3.8, 4) is 17.2 Å². The summed E-state index contributed by atoms with van der Waals surface area (Å²) in [5, 5.41) is 24.1. The van der Waals surface area contributed by atoms with E-state index < -0.39 is 23.8 Å². The lowest BCUT2D eigenvalue weighted by atomic mass is 9.55. The third kappa shape index (κ3) is 8.24. The molecule has 2 aliphatic carbocycles. The third-order valence-corrected chi connectivity index (χ3v) is 10.9. The molecule has 1 amide bonds. The number of carbonyl (C=O) groups is 1. The Morgan fingerprint density at radius 3 is 2.44 bits per heavy atom. The van der Waals surface area contributed by atoms with Crippen molar-refractivity contribution in [3.63, 3.8) is 0 Å². The van der Waals surface area contributed by atoms with Crippen LogP contribution in [0.4, 0.5) is 4.79 Å². The summed E-state index contributed by atoms with van der Waals surface area (Å²) in [4.78, 5) is 20.7. The van der Waals surface area contributed by atoms with E-state index in [-0.39, 0.29) is 44.2 Å². The molecule has 2 aromatic rings. The molecule has 3 aliphatic rings. The Labute approximate surface area is 308 Å². The van der Waals surface area contributed by atoms with Crippen LogP contribution in [-0.4, -0.2) is 79.3 Å². The first-order valence-corrected chi connectivity index (χ1v) is 18.6. The van der Waals surface area contributed by atoms with Crippen molar-refractivity contribution in [1.29, 1.82) is 0 Å². The van der Waals surface area contributed by atoms with Gasteiger partial charge in [-0.2, -0.15) is 0 Å². The van der Waals surface area contributed by atoms with Crippen molar-refractivity contribution in [2.45, 2.75) is 83.0 Å². The topological polar surface area (TPSA) is 119 Å². The van der Waals surface area contributed by atoms with Crippen LogP contribution in [0, 0.1) is 31.6 Å². The second kappa shape index (κ2) is 18.1. The number of benzene rings is 2. The van der Waals surface area contributed by atoms with Gasteiger partial charge in [-0.15, -0.1) is 13.2 Å². The molecule has 5 rings (SSSR count). The molecule has 282 valence electrons. The van der Waals surface area contributed by atoms with E-state index in [2.05, 4.69) is 50.4 Å². The van der Waals surface area contributed by atoms with Gasteiger partial charge in [0.15, 0.2) is 0 Å². The molecule has 10 nitrogen and oxygen atoms in total. The summed E-state index contributed by atoms with van der Waals surface area (Å²) >= 11 is 0. The van der Waals surface area contributed by atoms with Gasteiger partial charge in [0, 0.05) is 38.2 Å². The maximum absolute atomic E-state index is 13.7. The fraction of sp³-hybridized carbons (Fsp3) is 0.524. The summed E-state index contributed by atoms with van der Waals surface area (Å²) in [5.74, 6) is 0.452. The number of carbonyl (C=O) groups excluding carboxylic acids is 1. The summed E-state index contributed by atoms with van der Waals surface area (Å²) < 4.78 is 26.2. The molecule has 0 radical (unpaired) electrons. The zero-order valence-electron chi connectivity index (χ0n) is 31.2. The van der Waals surface area contributed by atoms with Crippen LogP contribution in [0.3, 0.4) is 0 Å². The number of nitrogens with zero attached hydrogens (tertiary/aromatic N) is 2. The molecule has 1 fully saturated rings. The number of hydrogen-bond acceptors (Lipinski definition) is 9. The SMILES string of the molecule is C=CCCOC(=O)N(C)[C@H]1CC(=NOC)C2=C[C@H](CCCCO)[C@@H](CCCCO)[C@@H]3c4cc(Oc5ccc(C)c(C)c5)ccc4O[C@@]1(OCC=C)[C@H]23. The first-order valence-electron chi connectivity index (χ1n) is 18.6. The van der Waals surface area contributed by atoms with Crippen LogP contribution >= 0.6 is 0 Å². The summed E-state index contributed by atoms with van der Waals surface area (Å²) in [6.07, 6.45) is 10.8. The summed E-state index contributed by atoms with van der Waals surface area (Å²) in [5.41, 5.74) is 5.02. The van der Waals surface area contributed by atoms with E-state index in [1.807, 2.05) is 24.3 Å². The number of aryl methyl sites for hydroxylation is 2. The van der Waals surface area contributed by atoms with E-state index in [4.69, 9.17) is 23.8 Å². The predicted molar refractivity (Wildman–Crippen MR) is 202 cm³/mol. The van der Waals surface area contributed by atoms with Crippen molar-refractivity contribution in [1.82, 2.24) is 4.90 Å². The van der Waals surface area contributed by atoms with Gasteiger partial charge in [-0.05, 0) is 105 Å². The molecular weight excluding hydrogens is 660 g/mol. The molecule has 10 heteroatoms. The highest BCUT2D eigenvalue weighted by atomic mass is 16.7. The smallest absolute Gasteiger partial charge is 0.409 e. The molecule has 0 unspecified atom stereocenters. The standard InChI is InChI=1S/C42H56N2O8/c1-7-9-23-49-41(47)44(5)38-27-36(43-48-6)34-25-30(14-10-12-20-45)33(15-11-13-21-46)39-35-26-32(51-31-17-16-28(3)29(4)24-31)18-19-37(35)52-42(38,40(34)39)50-22-8-2/h7-8,16-19,24-26,30,33,38-40,45-46H,1-2,9-15,20-23,27H2,3-6H3/t30-,33+,38-,39+,40+,42+/m0/s1. The second-order valence-corrected chi connectivity index (χ2v) is 14.1. The normalized spacial score (nSPS) is 25.2. The molecular formula is C42H56N2O8. The molecule has 6 atom stereocenters. The number of aliphatic hydroxyl groups is 2. The number of allylic oxidation sites excluding steroid dienone is 1. The highest BCUT2D eigenvalue weighted by Crippen LogP contribution is 2.62. The number of ether oxygens (including phenoxy) is 4. The van der Waals surface area contributed by atoms with Crippen LogP contribution in [0.25, 0.3) is 0 Å². The molecule has 1 aliphatic heterocycles. The molecule has 1 saturated carbocycles. The van der Waals surface area contributed by atoms with Gasteiger partial charge in [-0.25, -0.2) is 4.79 Å². The highest BCUT2D eigenvalue weighted by molar-refractivity contribution is 6.02. The molecule has 0 aromatic heterocycles. The Bertz CT molecular complexity index is 1620. The largest absolute Gasteiger partial charge is 0.459 e. The molecule has 2 N–H and O–H groups in total. The van der Waals surface area contributed by atoms with Gasteiger partial charge < -0.3 is 38.9 Å². The minimum absolute atomic E-state index is 0.109. The van der Waals surface area contributed by atoms with Crippen LogP contribution in [0.15, 0.2) is 78.5 Å². The number of oxime groups is 1. The van der Waals surface area contributed by atoms with Crippen LogP contribution in [-0.2, 0) is 14.3 Å². The van der Waals surface area contributed by atoms with Crippen molar-refractivity contribution >= 4 is 11.8 Å². The summed E-state index contributed by atoms with van der Waals surface area (Å²) in [6, 6.07) is 11.4. The van der Waals surface area contributed by atoms with Crippen LogP contribution in [0.5, 0.6) is 17.2 Å². The van der Waals surface area contributed by atoms with E-state index >= 15 is 0 Å². The van der Waals surface area contributed by atoms with Gasteiger partial charge in [-0.1, -0.05) is 42.3 Å². The molecule has 0 spiro atoms. The molecule has 2 aromatic carbocycles. The van der Waals surface area contributed by atoms with E-state index in [1.54, 1.807) is 24.1 Å². The lowest BCUT2D eigenvalue weighted by Crippen LogP contribution is -2.69. The quantitative estimate of drug-likeness (QED) is 0.0905. The van der Waals surface area contributed by atoms with Crippen molar-refractivity contribution in [2.75, 3.05) is 40.6 Å². The minimum atomic E-state index is -1.33. The molecule has 0 saturated heterocycles. The minimum Gasteiger partial charge on any atom is -0.459 e. The number of aliphatic hydroxyl groups excluding tert-OH is 2. The van der Waals surface area contributed by atoms with Crippen molar-refractivity contribution in [2.24, 2.45) is 22.9 Å². The number of likely N-dealkylation sites (N-methyl/N-ethyl adjacent to an activating group) is 1. The van der Waals surface area contributed by atoms with Gasteiger partial charge in [0.1, 0.15) is 30.4 Å². The first kappa shape index (κ1) is 39.1. The van der Waals surface area contributed by atoms with Gasteiger partial charge in [0.2, 0.25) is 5.79 Å². The third-order valence-electron chi connectivity index (χ3n) is 10.9. The zero-order valence-corrected chi connectivity index (χ0v) is 31.2. The van der Waals surface area contributed by atoms with Gasteiger partial charge in [0.05, 0.1) is 24.8 Å². The molecule has 0 bridgehead atoms. The number of amides is 1. The molecule has 1 heterocycles. The van der Waals surface area contributed by atoms with Crippen LogP contribution in [0.2, 0.25) is 0 Å². The summed E-state index contributed by atoms with van der Waals surface area (Å²) in [7, 11) is 3.25. The Hall–Kier alpha value is -4.12. The maximum atomic E-state index is 13.7. The van der Waals surface area contributed by atoms with Gasteiger partial charge in [-0.3, -0.25) is 0 Å². The van der Waals surface area contributed by atoms with Crippen LogP contribution in [0.1, 0.15) is 74.0 Å². The Morgan fingerprint density at radius 1 is 1.02 bits per heavy atom. The van der Waals surface area contributed by atoms with Crippen LogP contribution < -0.4 is 9.47 Å². The number of unbranched alkanes of at least 4 members (excludes halogenated alkanes) is 2. The monoisotopic (exact) mass is 716 g/mol. The maximum Gasteiger partial charge on any atom is 0.409 e. The van der Waals surface area contributed by atoms with E-state index in [0.717, 1.165) is 53.8 Å². The second-order valence-electron chi connectivity index (χ2n) is 14.1. The van der Waals surface area contributed by atoms with Crippen molar-refractivity contribution < 1.29 is 38.8 Å². The lowest BCUT2D eigenvalue weighted by molar-refractivity contribution is -0.253. The average Bonchev–Trinajstić information content (AvgIpc) is 3.14. The molecule has 52 heavy (non-hydrogen) atoms. The van der Waals surface area contributed by atoms with Crippen molar-refractivity contribution in [3.05, 3.63) is 90.0 Å². The van der Waals surface area contributed by atoms with E-state index in [1.165, 1.54) is 12.7 Å². The zero-order chi connectivity index (χ0) is 37.3. The summed E-state index contributed by atoms with van der Waals surface area (Å²) in [6.45, 7) is 12.5. The predicted octanol–water partition coefficient (Wildman–Crippen LogP) is 8.00. The lowest BCUT2D eigenvalue weighted by Gasteiger charge is -2.59. The Morgan fingerprint density at radius 2 is 1.75 bits per heavy atom. The fourth-order valence-electron chi connectivity index (χ4n) is 8.27. The van der Waals surface area contributed by atoms with E-state index in [9.17, 15) is 15.0 Å². The van der Waals surface area contributed by atoms with E-state index in [0.29, 0.717) is 37.2 Å².